The molecule has 6 heteroatoms. The number of hydrogen-bond donors (Lipinski definition) is 2. The second-order valence-corrected chi connectivity index (χ2v) is 4.75. The third-order valence-electron chi connectivity index (χ3n) is 3.37. The quantitative estimate of drug-likeness (QED) is 0.816. The van der Waals surface area contributed by atoms with E-state index in [1.807, 2.05) is 13.1 Å². The fourth-order valence-corrected chi connectivity index (χ4v) is 2.39. The predicted octanol–water partition coefficient (Wildman–Crippen LogP) is 1.64. The second kappa shape index (κ2) is 6.68. The summed E-state index contributed by atoms with van der Waals surface area (Å²) in [6.45, 7) is 0.412. The van der Waals surface area contributed by atoms with Crippen LogP contribution in [0.2, 0.25) is 0 Å². The van der Waals surface area contributed by atoms with E-state index in [4.69, 9.17) is 9.47 Å². The van der Waals surface area contributed by atoms with Gasteiger partial charge in [-0.1, -0.05) is 0 Å². The number of hydrogen-bond acceptors (Lipinski definition) is 6. The van der Waals surface area contributed by atoms with E-state index in [0.717, 1.165) is 30.9 Å². The van der Waals surface area contributed by atoms with Crippen LogP contribution in [-0.2, 0) is 16.1 Å². The van der Waals surface area contributed by atoms with E-state index in [2.05, 4.69) is 20.6 Å². The molecule has 0 radical (unpaired) electrons. The van der Waals surface area contributed by atoms with Crippen molar-refractivity contribution in [2.75, 3.05) is 31.9 Å². The first-order valence-corrected chi connectivity index (χ1v) is 6.59. The van der Waals surface area contributed by atoms with Crippen LogP contribution < -0.4 is 10.6 Å². The number of rotatable bonds is 6. The zero-order valence-corrected chi connectivity index (χ0v) is 11.8. The van der Waals surface area contributed by atoms with Crippen LogP contribution in [0.3, 0.4) is 0 Å². The Morgan fingerprint density at radius 3 is 2.68 bits per heavy atom. The molecule has 1 heterocycles. The lowest BCUT2D eigenvalue weighted by atomic mass is 10.2. The van der Waals surface area contributed by atoms with Crippen LogP contribution in [0, 0.1) is 0 Å². The van der Waals surface area contributed by atoms with Gasteiger partial charge in [0.2, 0.25) is 0 Å². The minimum atomic E-state index is 0.363. The first-order chi connectivity index (χ1) is 9.25. The van der Waals surface area contributed by atoms with Crippen molar-refractivity contribution in [3.05, 3.63) is 11.9 Å². The Labute approximate surface area is 113 Å². The number of methoxy groups -OCH3 is 2. The zero-order valence-electron chi connectivity index (χ0n) is 11.8. The SMILES string of the molecule is CNc1cc(NC2CCC(OC)C2)nc(COC)n1. The van der Waals surface area contributed by atoms with E-state index in [0.29, 0.717) is 24.6 Å². The van der Waals surface area contributed by atoms with Gasteiger partial charge in [0.05, 0.1) is 6.10 Å². The molecule has 1 aliphatic carbocycles. The number of ether oxygens (including phenoxy) is 2. The first-order valence-electron chi connectivity index (χ1n) is 6.59. The van der Waals surface area contributed by atoms with Gasteiger partial charge in [-0.05, 0) is 19.3 Å². The van der Waals surface area contributed by atoms with Crippen LogP contribution in [0.25, 0.3) is 0 Å². The number of nitrogens with one attached hydrogen (secondary N) is 2. The average Bonchev–Trinajstić information content (AvgIpc) is 2.86. The number of aromatic nitrogens is 2. The topological polar surface area (TPSA) is 68.3 Å². The van der Waals surface area contributed by atoms with Crippen molar-refractivity contribution in [3.63, 3.8) is 0 Å². The van der Waals surface area contributed by atoms with Gasteiger partial charge in [0.15, 0.2) is 5.82 Å². The molecule has 2 N–H and O–H groups in total. The molecule has 1 fully saturated rings. The maximum atomic E-state index is 5.38. The van der Waals surface area contributed by atoms with Crippen molar-refractivity contribution in [3.8, 4) is 0 Å². The fourth-order valence-electron chi connectivity index (χ4n) is 2.39. The molecule has 2 unspecified atom stereocenters. The lowest BCUT2D eigenvalue weighted by Crippen LogP contribution is -2.19. The van der Waals surface area contributed by atoms with Gasteiger partial charge in [0.1, 0.15) is 18.2 Å². The highest BCUT2D eigenvalue weighted by atomic mass is 16.5. The highest BCUT2D eigenvalue weighted by molar-refractivity contribution is 5.47. The maximum Gasteiger partial charge on any atom is 0.158 e. The van der Waals surface area contributed by atoms with Gasteiger partial charge in [-0.25, -0.2) is 9.97 Å². The van der Waals surface area contributed by atoms with Gasteiger partial charge in [0, 0.05) is 33.4 Å². The molecule has 2 rings (SSSR count). The highest BCUT2D eigenvalue weighted by Gasteiger charge is 2.24. The van der Waals surface area contributed by atoms with Gasteiger partial charge in [-0.15, -0.1) is 0 Å². The Morgan fingerprint density at radius 2 is 2.05 bits per heavy atom. The third kappa shape index (κ3) is 3.78. The molecule has 0 aromatic carbocycles. The van der Waals surface area contributed by atoms with E-state index >= 15 is 0 Å². The summed E-state index contributed by atoms with van der Waals surface area (Å²) in [5.41, 5.74) is 0. The molecule has 19 heavy (non-hydrogen) atoms. The molecular weight excluding hydrogens is 244 g/mol. The maximum absolute atomic E-state index is 5.38. The molecule has 6 nitrogen and oxygen atoms in total. The summed E-state index contributed by atoms with van der Waals surface area (Å²) in [5, 5.41) is 6.49. The summed E-state index contributed by atoms with van der Waals surface area (Å²) < 4.78 is 10.5. The minimum absolute atomic E-state index is 0.363. The summed E-state index contributed by atoms with van der Waals surface area (Å²) >= 11 is 0. The molecule has 106 valence electrons. The number of nitrogens with zero attached hydrogens (tertiary/aromatic N) is 2. The van der Waals surface area contributed by atoms with Crippen LogP contribution in [-0.4, -0.2) is 43.4 Å². The van der Waals surface area contributed by atoms with E-state index in [1.54, 1.807) is 14.2 Å². The second-order valence-electron chi connectivity index (χ2n) is 4.75. The van der Waals surface area contributed by atoms with Crippen LogP contribution in [0.15, 0.2) is 6.07 Å². The summed E-state index contributed by atoms with van der Waals surface area (Å²) in [7, 11) is 5.26. The van der Waals surface area contributed by atoms with Gasteiger partial charge in [-0.3, -0.25) is 0 Å². The Morgan fingerprint density at radius 1 is 1.26 bits per heavy atom. The van der Waals surface area contributed by atoms with Crippen molar-refractivity contribution in [2.45, 2.75) is 38.0 Å². The first kappa shape index (κ1) is 14.0. The van der Waals surface area contributed by atoms with Gasteiger partial charge in [-0.2, -0.15) is 0 Å². The Hall–Kier alpha value is -1.40. The average molecular weight is 266 g/mol. The fraction of sp³-hybridized carbons (Fsp3) is 0.692. The summed E-state index contributed by atoms with van der Waals surface area (Å²) in [4.78, 5) is 8.79. The van der Waals surface area contributed by atoms with Gasteiger partial charge < -0.3 is 20.1 Å². The van der Waals surface area contributed by atoms with E-state index in [-0.39, 0.29) is 0 Å². The molecule has 0 spiro atoms. The molecule has 0 saturated heterocycles. The van der Waals surface area contributed by atoms with Crippen LogP contribution in [0.5, 0.6) is 0 Å². The van der Waals surface area contributed by atoms with E-state index in [1.165, 1.54) is 0 Å². The predicted molar refractivity (Wildman–Crippen MR) is 74.4 cm³/mol. The normalized spacial score (nSPS) is 22.5. The van der Waals surface area contributed by atoms with Crippen LogP contribution in [0.1, 0.15) is 25.1 Å². The molecule has 0 bridgehead atoms. The highest BCUT2D eigenvalue weighted by Crippen LogP contribution is 2.24. The lowest BCUT2D eigenvalue weighted by molar-refractivity contribution is 0.108. The molecule has 1 saturated carbocycles. The Balaban J connectivity index is 2.04. The van der Waals surface area contributed by atoms with Crippen molar-refractivity contribution >= 4 is 11.6 Å². The van der Waals surface area contributed by atoms with Gasteiger partial charge >= 0.3 is 0 Å². The van der Waals surface area contributed by atoms with Crippen molar-refractivity contribution in [1.82, 2.24) is 9.97 Å². The smallest absolute Gasteiger partial charge is 0.158 e. The van der Waals surface area contributed by atoms with Crippen LogP contribution in [0.4, 0.5) is 11.6 Å². The summed E-state index contributed by atoms with van der Waals surface area (Å²) in [5.74, 6) is 2.32. The Bertz CT molecular complexity index is 414. The third-order valence-corrected chi connectivity index (χ3v) is 3.37. The molecule has 0 aliphatic heterocycles. The summed E-state index contributed by atoms with van der Waals surface area (Å²) in [6.07, 6.45) is 3.59. The van der Waals surface area contributed by atoms with E-state index in [9.17, 15) is 0 Å². The minimum Gasteiger partial charge on any atom is -0.381 e. The molecule has 0 amide bonds. The molecule has 1 aliphatic rings. The van der Waals surface area contributed by atoms with Crippen molar-refractivity contribution in [2.24, 2.45) is 0 Å². The lowest BCUT2D eigenvalue weighted by Gasteiger charge is -2.15. The van der Waals surface area contributed by atoms with Crippen LogP contribution >= 0.6 is 0 Å². The molecule has 2 atom stereocenters. The molecule has 1 aromatic heterocycles. The number of anilines is 2. The molecular formula is C13H22N4O2. The van der Waals surface area contributed by atoms with Crippen molar-refractivity contribution < 1.29 is 9.47 Å². The molecule has 1 aromatic rings. The largest absolute Gasteiger partial charge is 0.381 e. The summed E-state index contributed by atoms with van der Waals surface area (Å²) in [6, 6.07) is 2.33. The standard InChI is InChI=1S/C13H22N4O2/c1-14-11-7-12(17-13(16-11)8-18-2)15-9-4-5-10(6-9)19-3/h7,9-10H,4-6,8H2,1-3H3,(H2,14,15,16,17). The van der Waals surface area contributed by atoms with Crippen molar-refractivity contribution in [1.29, 1.82) is 0 Å². The van der Waals surface area contributed by atoms with Gasteiger partial charge in [0.25, 0.3) is 0 Å². The van der Waals surface area contributed by atoms with E-state index < -0.39 is 0 Å². The zero-order chi connectivity index (χ0) is 13.7. The Kier molecular flexibility index (Phi) is 4.93. The monoisotopic (exact) mass is 266 g/mol.